The van der Waals surface area contributed by atoms with E-state index >= 15 is 0 Å². The van der Waals surface area contributed by atoms with E-state index in [0.29, 0.717) is 11.3 Å². The summed E-state index contributed by atoms with van der Waals surface area (Å²) in [6.45, 7) is 1.97. The van der Waals surface area contributed by atoms with Gasteiger partial charge in [-0.1, -0.05) is 13.3 Å². The van der Waals surface area contributed by atoms with Crippen molar-refractivity contribution in [3.8, 4) is 17.3 Å². The van der Waals surface area contributed by atoms with Gasteiger partial charge >= 0.3 is 6.18 Å². The molecule has 0 atom stereocenters. The van der Waals surface area contributed by atoms with Crippen molar-refractivity contribution in [3.63, 3.8) is 0 Å². The van der Waals surface area contributed by atoms with Gasteiger partial charge in [0.2, 0.25) is 0 Å². The van der Waals surface area contributed by atoms with Gasteiger partial charge in [-0.3, -0.25) is 0 Å². The molecule has 0 amide bonds. The van der Waals surface area contributed by atoms with E-state index in [4.69, 9.17) is 5.26 Å². The zero-order valence-electron chi connectivity index (χ0n) is 12.8. The molecule has 1 aromatic heterocycles. The highest BCUT2D eigenvalue weighted by Gasteiger charge is 2.36. The lowest BCUT2D eigenvalue weighted by atomic mass is 10.1. The van der Waals surface area contributed by atoms with Gasteiger partial charge in [-0.05, 0) is 42.5 Å². The average Bonchev–Trinajstić information content (AvgIpc) is 2.54. The number of unbranched alkanes of at least 4 members (excludes halogenated alkanes) is 1. The molecule has 0 unspecified atom stereocenters. The van der Waals surface area contributed by atoms with E-state index in [1.807, 2.05) is 6.92 Å². The van der Waals surface area contributed by atoms with Crippen LogP contribution in [0, 0.1) is 17.1 Å². The maximum atomic E-state index is 13.3. The molecule has 0 N–H and O–H groups in total. The summed E-state index contributed by atoms with van der Waals surface area (Å²) >= 11 is 1.13. The molecule has 1 aromatic carbocycles. The van der Waals surface area contributed by atoms with Crippen LogP contribution in [0.25, 0.3) is 11.3 Å². The lowest BCUT2D eigenvalue weighted by Crippen LogP contribution is -2.10. The molecule has 0 radical (unpaired) electrons. The number of alkyl halides is 3. The zero-order valence-corrected chi connectivity index (χ0v) is 13.6. The molecule has 0 aliphatic rings. The van der Waals surface area contributed by atoms with Crippen LogP contribution in [-0.4, -0.2) is 10.7 Å². The Labute approximate surface area is 141 Å². The van der Waals surface area contributed by atoms with Crippen LogP contribution in [0.5, 0.6) is 0 Å². The summed E-state index contributed by atoms with van der Waals surface area (Å²) in [4.78, 5) is 4.21. The number of nitriles is 1. The number of nitrogens with zero attached hydrogens (tertiary/aromatic N) is 2. The maximum Gasteiger partial charge on any atom is 0.417 e. The van der Waals surface area contributed by atoms with Crippen LogP contribution < -0.4 is 0 Å². The van der Waals surface area contributed by atoms with Crippen LogP contribution in [0.15, 0.2) is 35.4 Å². The smallest absolute Gasteiger partial charge is 0.240 e. The van der Waals surface area contributed by atoms with Crippen molar-refractivity contribution in [2.75, 3.05) is 5.75 Å². The SMILES string of the molecule is CCCCSc1nc(-c2ccc(F)cc2)cc(C(F)(F)F)c1C#N. The third-order valence-corrected chi connectivity index (χ3v) is 4.34. The molecule has 2 nitrogen and oxygen atoms in total. The standard InChI is InChI=1S/C17H14F4N2S/c1-2-3-8-24-16-13(10-22)14(17(19,20)21)9-15(23-16)11-4-6-12(18)7-5-11/h4-7,9H,2-3,8H2,1H3. The predicted molar refractivity (Wildman–Crippen MR) is 85.0 cm³/mol. The monoisotopic (exact) mass is 354 g/mol. The molecule has 0 aliphatic heterocycles. The van der Waals surface area contributed by atoms with E-state index in [9.17, 15) is 17.6 Å². The minimum absolute atomic E-state index is 0.0556. The Kier molecular flexibility index (Phi) is 5.84. The molecular formula is C17H14F4N2S. The average molecular weight is 354 g/mol. The fourth-order valence-electron chi connectivity index (χ4n) is 2.04. The van der Waals surface area contributed by atoms with Gasteiger partial charge in [0.05, 0.1) is 16.8 Å². The van der Waals surface area contributed by atoms with Gasteiger partial charge in [0.1, 0.15) is 16.9 Å². The van der Waals surface area contributed by atoms with Crippen molar-refractivity contribution in [3.05, 3.63) is 47.3 Å². The second kappa shape index (κ2) is 7.67. The first-order valence-electron chi connectivity index (χ1n) is 7.28. The summed E-state index contributed by atoms with van der Waals surface area (Å²) < 4.78 is 53.0. The van der Waals surface area contributed by atoms with Gasteiger partial charge < -0.3 is 0 Å². The minimum Gasteiger partial charge on any atom is -0.240 e. The lowest BCUT2D eigenvalue weighted by Gasteiger charge is -2.14. The number of rotatable bonds is 5. The fourth-order valence-corrected chi connectivity index (χ4v) is 3.13. The number of benzene rings is 1. The Bertz CT molecular complexity index is 749. The lowest BCUT2D eigenvalue weighted by molar-refractivity contribution is -0.138. The van der Waals surface area contributed by atoms with Crippen molar-refractivity contribution in [2.24, 2.45) is 0 Å². The molecule has 1 heterocycles. The molecule has 24 heavy (non-hydrogen) atoms. The minimum atomic E-state index is -4.66. The number of halogens is 4. The number of pyridine rings is 1. The van der Waals surface area contributed by atoms with Crippen molar-refractivity contribution in [1.29, 1.82) is 5.26 Å². The third-order valence-electron chi connectivity index (χ3n) is 3.28. The second-order valence-corrected chi connectivity index (χ2v) is 6.14. The van der Waals surface area contributed by atoms with E-state index in [2.05, 4.69) is 4.98 Å². The van der Waals surface area contributed by atoms with Crippen molar-refractivity contribution in [1.82, 2.24) is 4.98 Å². The first kappa shape index (κ1) is 18.3. The molecule has 0 fully saturated rings. The summed E-state index contributed by atoms with van der Waals surface area (Å²) in [7, 11) is 0. The predicted octanol–water partition coefficient (Wildman–Crippen LogP) is 5.67. The van der Waals surface area contributed by atoms with E-state index in [1.165, 1.54) is 12.1 Å². The Hall–Kier alpha value is -2.07. The first-order chi connectivity index (χ1) is 11.4. The van der Waals surface area contributed by atoms with Gasteiger partial charge in [0.25, 0.3) is 0 Å². The third kappa shape index (κ3) is 4.26. The molecule has 0 bridgehead atoms. The summed E-state index contributed by atoms with van der Waals surface area (Å²) in [5.74, 6) is 0.0866. The Morgan fingerprint density at radius 2 is 1.88 bits per heavy atom. The normalized spacial score (nSPS) is 11.3. The van der Waals surface area contributed by atoms with Crippen molar-refractivity contribution >= 4 is 11.8 Å². The van der Waals surface area contributed by atoms with Gasteiger partial charge in [-0.25, -0.2) is 9.37 Å². The van der Waals surface area contributed by atoms with Gasteiger partial charge in [-0.15, -0.1) is 11.8 Å². The second-order valence-electron chi connectivity index (χ2n) is 5.05. The number of hydrogen-bond donors (Lipinski definition) is 0. The number of hydrogen-bond acceptors (Lipinski definition) is 3. The molecule has 0 saturated carbocycles. The largest absolute Gasteiger partial charge is 0.417 e. The Morgan fingerprint density at radius 3 is 2.42 bits per heavy atom. The van der Waals surface area contributed by atoms with Crippen LogP contribution in [0.2, 0.25) is 0 Å². The van der Waals surface area contributed by atoms with Gasteiger partial charge in [0, 0.05) is 5.56 Å². The summed E-state index contributed by atoms with van der Waals surface area (Å²) in [6, 6.07) is 7.51. The van der Waals surface area contributed by atoms with E-state index in [-0.39, 0.29) is 10.7 Å². The van der Waals surface area contributed by atoms with Crippen molar-refractivity contribution < 1.29 is 17.6 Å². The molecule has 0 spiro atoms. The van der Waals surface area contributed by atoms with Crippen LogP contribution in [-0.2, 0) is 6.18 Å². The van der Waals surface area contributed by atoms with Crippen LogP contribution >= 0.6 is 11.8 Å². The highest BCUT2D eigenvalue weighted by Crippen LogP contribution is 2.38. The molecule has 2 rings (SSSR count). The topological polar surface area (TPSA) is 36.7 Å². The molecule has 0 saturated heterocycles. The number of aromatic nitrogens is 1. The summed E-state index contributed by atoms with van der Waals surface area (Å²) in [5, 5.41) is 9.22. The van der Waals surface area contributed by atoms with Crippen LogP contribution in [0.3, 0.4) is 0 Å². The maximum absolute atomic E-state index is 13.3. The zero-order chi connectivity index (χ0) is 17.7. The molecule has 126 valence electrons. The molecule has 2 aromatic rings. The van der Waals surface area contributed by atoms with E-state index in [1.54, 1.807) is 6.07 Å². The highest BCUT2D eigenvalue weighted by atomic mass is 32.2. The number of thioether (sulfide) groups is 1. The Morgan fingerprint density at radius 1 is 1.21 bits per heavy atom. The van der Waals surface area contributed by atoms with Gasteiger partial charge in [-0.2, -0.15) is 18.4 Å². The quantitative estimate of drug-likeness (QED) is 0.394. The van der Waals surface area contributed by atoms with Gasteiger partial charge in [0.15, 0.2) is 0 Å². The Balaban J connectivity index is 2.58. The van der Waals surface area contributed by atoms with Crippen LogP contribution in [0.4, 0.5) is 17.6 Å². The summed E-state index contributed by atoms with van der Waals surface area (Å²) in [6.07, 6.45) is -2.97. The first-order valence-corrected chi connectivity index (χ1v) is 8.26. The van der Waals surface area contributed by atoms with E-state index in [0.717, 1.165) is 42.8 Å². The molecule has 7 heteroatoms. The fraction of sp³-hybridized carbons (Fsp3) is 0.294. The van der Waals surface area contributed by atoms with Crippen LogP contribution in [0.1, 0.15) is 30.9 Å². The van der Waals surface area contributed by atoms with Crippen molar-refractivity contribution in [2.45, 2.75) is 31.0 Å². The summed E-state index contributed by atoms with van der Waals surface area (Å²) in [5.41, 5.74) is -1.04. The van der Waals surface area contributed by atoms with E-state index < -0.39 is 23.1 Å². The highest BCUT2D eigenvalue weighted by molar-refractivity contribution is 7.99. The molecular weight excluding hydrogens is 340 g/mol. The molecule has 0 aliphatic carbocycles.